The number of piperazine rings is 1. The molecule has 1 aliphatic rings. The van der Waals surface area contributed by atoms with Crippen LogP contribution in [0.1, 0.15) is 36.7 Å². The standard InChI is InChI=1S/C16H24N2O.ClH/c1-16(2,3)14-7-5-13(6-8-14)15(19)18-11-9-17(4)10-12-18;/h5-8H,9-12H2,1-4H3;1H/p-1. The predicted octanol–water partition coefficient (Wildman–Crippen LogP) is -0.624. The van der Waals surface area contributed by atoms with Crippen LogP contribution in [0.5, 0.6) is 0 Å². The Morgan fingerprint density at radius 3 is 1.95 bits per heavy atom. The normalized spacial score (nSPS) is 16.7. The second-order valence-electron chi connectivity index (χ2n) is 6.42. The van der Waals surface area contributed by atoms with Gasteiger partial charge in [0.1, 0.15) is 0 Å². The topological polar surface area (TPSA) is 23.6 Å². The predicted molar refractivity (Wildman–Crippen MR) is 78.5 cm³/mol. The van der Waals surface area contributed by atoms with E-state index in [9.17, 15) is 4.79 Å². The summed E-state index contributed by atoms with van der Waals surface area (Å²) in [5, 5.41) is 0. The Morgan fingerprint density at radius 1 is 1.00 bits per heavy atom. The van der Waals surface area contributed by atoms with E-state index in [1.54, 1.807) is 0 Å². The van der Waals surface area contributed by atoms with Crippen molar-refractivity contribution in [3.8, 4) is 0 Å². The fourth-order valence-corrected chi connectivity index (χ4v) is 2.30. The smallest absolute Gasteiger partial charge is 0.253 e. The summed E-state index contributed by atoms with van der Waals surface area (Å²) in [6.45, 7) is 10.1. The first-order chi connectivity index (χ1) is 8.88. The fraction of sp³-hybridized carbons (Fsp3) is 0.562. The number of carbonyl (C=O) groups excluding carboxylic acids is 1. The van der Waals surface area contributed by atoms with Crippen molar-refractivity contribution in [2.24, 2.45) is 0 Å². The number of hydrogen-bond acceptors (Lipinski definition) is 2. The van der Waals surface area contributed by atoms with E-state index in [0.29, 0.717) is 0 Å². The molecule has 0 spiro atoms. The molecule has 1 heterocycles. The van der Waals surface area contributed by atoms with Crippen LogP contribution in [-0.4, -0.2) is 48.9 Å². The Labute approximate surface area is 128 Å². The molecule has 1 amide bonds. The highest BCUT2D eigenvalue weighted by atomic mass is 35.5. The molecule has 112 valence electrons. The zero-order valence-corrected chi connectivity index (χ0v) is 13.6. The van der Waals surface area contributed by atoms with Gasteiger partial charge in [-0.1, -0.05) is 32.9 Å². The first kappa shape index (κ1) is 17.0. The summed E-state index contributed by atoms with van der Waals surface area (Å²) in [5.74, 6) is 0.161. The van der Waals surface area contributed by atoms with E-state index in [1.165, 1.54) is 5.56 Å². The third-order valence-electron chi connectivity index (χ3n) is 3.79. The van der Waals surface area contributed by atoms with Crippen LogP contribution in [0.4, 0.5) is 0 Å². The molecule has 1 saturated heterocycles. The number of rotatable bonds is 1. The summed E-state index contributed by atoms with van der Waals surface area (Å²) in [7, 11) is 2.10. The van der Waals surface area contributed by atoms with Gasteiger partial charge in [0.15, 0.2) is 0 Å². The quantitative estimate of drug-likeness (QED) is 0.689. The minimum Gasteiger partial charge on any atom is -1.00 e. The lowest BCUT2D eigenvalue weighted by Crippen LogP contribution is -3.00. The zero-order valence-electron chi connectivity index (χ0n) is 12.8. The lowest BCUT2D eigenvalue weighted by Gasteiger charge is -2.32. The number of benzene rings is 1. The maximum absolute atomic E-state index is 12.4. The highest BCUT2D eigenvalue weighted by Gasteiger charge is 2.21. The van der Waals surface area contributed by atoms with Crippen molar-refractivity contribution in [3.05, 3.63) is 35.4 Å². The fourth-order valence-electron chi connectivity index (χ4n) is 2.30. The Balaban J connectivity index is 0.00000200. The molecule has 0 N–H and O–H groups in total. The number of carbonyl (C=O) groups is 1. The van der Waals surface area contributed by atoms with Crippen LogP contribution in [0, 0.1) is 0 Å². The molecule has 20 heavy (non-hydrogen) atoms. The summed E-state index contributed by atoms with van der Waals surface area (Å²) >= 11 is 0. The molecule has 4 heteroatoms. The van der Waals surface area contributed by atoms with Gasteiger partial charge in [-0.25, -0.2) is 0 Å². The van der Waals surface area contributed by atoms with E-state index >= 15 is 0 Å². The van der Waals surface area contributed by atoms with Crippen molar-refractivity contribution in [3.63, 3.8) is 0 Å². The third-order valence-corrected chi connectivity index (χ3v) is 3.79. The van der Waals surface area contributed by atoms with Crippen LogP contribution in [-0.2, 0) is 5.41 Å². The largest absolute Gasteiger partial charge is 1.00 e. The highest BCUT2D eigenvalue weighted by molar-refractivity contribution is 5.94. The maximum atomic E-state index is 12.4. The Morgan fingerprint density at radius 2 is 1.50 bits per heavy atom. The molecule has 0 atom stereocenters. The SMILES string of the molecule is CN1CCN(C(=O)c2ccc(C(C)(C)C)cc2)CC1.[Cl-]. The lowest BCUT2D eigenvalue weighted by molar-refractivity contribution is -0.0000151. The van der Waals surface area contributed by atoms with Crippen LogP contribution in [0.2, 0.25) is 0 Å². The van der Waals surface area contributed by atoms with Gasteiger partial charge in [0, 0.05) is 31.7 Å². The molecule has 0 aromatic heterocycles. The number of halogens is 1. The van der Waals surface area contributed by atoms with Crippen LogP contribution in [0.3, 0.4) is 0 Å². The van der Waals surface area contributed by atoms with Gasteiger partial charge >= 0.3 is 0 Å². The minimum atomic E-state index is 0. The third kappa shape index (κ3) is 3.97. The van der Waals surface area contributed by atoms with Crippen molar-refractivity contribution in [2.75, 3.05) is 33.2 Å². The average Bonchev–Trinajstić information content (AvgIpc) is 2.38. The maximum Gasteiger partial charge on any atom is 0.253 e. The van der Waals surface area contributed by atoms with Gasteiger partial charge in [0.25, 0.3) is 5.91 Å². The van der Waals surface area contributed by atoms with Crippen LogP contribution < -0.4 is 12.4 Å². The van der Waals surface area contributed by atoms with E-state index < -0.39 is 0 Å². The Bertz CT molecular complexity index is 443. The van der Waals surface area contributed by atoms with Crippen molar-refractivity contribution in [1.82, 2.24) is 9.80 Å². The summed E-state index contributed by atoms with van der Waals surface area (Å²) in [5.41, 5.74) is 2.20. The van der Waals surface area contributed by atoms with E-state index in [1.807, 2.05) is 17.0 Å². The molecule has 3 nitrogen and oxygen atoms in total. The molecular weight excluding hydrogens is 272 g/mol. The molecule has 1 aromatic rings. The first-order valence-corrected chi connectivity index (χ1v) is 6.96. The number of amides is 1. The molecule has 1 aromatic carbocycles. The number of hydrogen-bond donors (Lipinski definition) is 0. The molecule has 0 aliphatic carbocycles. The van der Waals surface area contributed by atoms with Gasteiger partial charge in [-0.15, -0.1) is 0 Å². The monoisotopic (exact) mass is 295 g/mol. The van der Waals surface area contributed by atoms with Gasteiger partial charge in [0.05, 0.1) is 0 Å². The first-order valence-electron chi connectivity index (χ1n) is 6.96. The number of nitrogens with zero attached hydrogens (tertiary/aromatic N) is 2. The van der Waals surface area contributed by atoms with Crippen LogP contribution >= 0.6 is 0 Å². The van der Waals surface area contributed by atoms with E-state index in [4.69, 9.17) is 0 Å². The molecule has 0 unspecified atom stereocenters. The molecule has 0 saturated carbocycles. The second-order valence-corrected chi connectivity index (χ2v) is 6.42. The van der Waals surface area contributed by atoms with Gasteiger partial charge in [-0.05, 0) is 30.2 Å². The summed E-state index contributed by atoms with van der Waals surface area (Å²) < 4.78 is 0. The molecule has 0 radical (unpaired) electrons. The summed E-state index contributed by atoms with van der Waals surface area (Å²) in [6, 6.07) is 8.06. The Kier molecular flexibility index (Phi) is 5.60. The molecular formula is C16H24ClN2O-. The van der Waals surface area contributed by atoms with Gasteiger partial charge in [-0.3, -0.25) is 4.79 Å². The molecule has 1 fully saturated rings. The number of likely N-dealkylation sites (N-methyl/N-ethyl adjacent to an activating group) is 1. The van der Waals surface area contributed by atoms with Gasteiger partial charge < -0.3 is 22.2 Å². The van der Waals surface area contributed by atoms with Crippen LogP contribution in [0.15, 0.2) is 24.3 Å². The van der Waals surface area contributed by atoms with E-state index in [-0.39, 0.29) is 23.7 Å². The highest BCUT2D eigenvalue weighted by Crippen LogP contribution is 2.22. The second kappa shape index (κ2) is 6.59. The van der Waals surface area contributed by atoms with Gasteiger partial charge in [0.2, 0.25) is 0 Å². The molecule has 2 rings (SSSR count). The summed E-state index contributed by atoms with van der Waals surface area (Å²) in [6.07, 6.45) is 0. The average molecular weight is 296 g/mol. The van der Waals surface area contributed by atoms with Crippen molar-refractivity contribution in [2.45, 2.75) is 26.2 Å². The van der Waals surface area contributed by atoms with Crippen LogP contribution in [0.25, 0.3) is 0 Å². The van der Waals surface area contributed by atoms with E-state index in [0.717, 1.165) is 31.7 Å². The van der Waals surface area contributed by atoms with Crippen molar-refractivity contribution in [1.29, 1.82) is 0 Å². The minimum absolute atomic E-state index is 0. The molecule has 0 bridgehead atoms. The Hall–Kier alpha value is -1.06. The van der Waals surface area contributed by atoms with Gasteiger partial charge in [-0.2, -0.15) is 0 Å². The zero-order chi connectivity index (χ0) is 14.0. The molecule has 1 aliphatic heterocycles. The summed E-state index contributed by atoms with van der Waals surface area (Å²) in [4.78, 5) is 16.6. The lowest BCUT2D eigenvalue weighted by atomic mass is 9.86. The van der Waals surface area contributed by atoms with E-state index in [2.05, 4.69) is 44.9 Å². The van der Waals surface area contributed by atoms with Crippen molar-refractivity contribution < 1.29 is 17.2 Å². The van der Waals surface area contributed by atoms with Crippen molar-refractivity contribution >= 4 is 5.91 Å².